The van der Waals surface area contributed by atoms with Crippen LogP contribution in [-0.2, 0) is 11.5 Å². The van der Waals surface area contributed by atoms with Gasteiger partial charge in [-0.25, -0.2) is 4.68 Å². The molecule has 2 heterocycles. The minimum absolute atomic E-state index is 0.181. The molecule has 1 spiro atoms. The molecule has 0 bridgehead atoms. The van der Waals surface area contributed by atoms with E-state index in [1.54, 1.807) is 7.11 Å². The van der Waals surface area contributed by atoms with Crippen LogP contribution in [0.4, 0.5) is 0 Å². The highest BCUT2D eigenvalue weighted by Gasteiger charge is 2.42. The van der Waals surface area contributed by atoms with Crippen LogP contribution in [0.25, 0.3) is 5.69 Å². The van der Waals surface area contributed by atoms with E-state index in [2.05, 4.69) is 58.8 Å². The summed E-state index contributed by atoms with van der Waals surface area (Å²) in [4.78, 5) is 0. The molecule has 3 aromatic rings. The molecule has 2 aromatic heterocycles. The molecule has 5 rings (SSSR count). The normalized spacial score (nSPS) is 20.7. The number of rotatable bonds is 7. The first-order valence-corrected chi connectivity index (χ1v) is 12.1. The summed E-state index contributed by atoms with van der Waals surface area (Å²) < 4.78 is 9.22. The number of hydrogen-bond donors (Lipinski definition) is 1. The van der Waals surface area contributed by atoms with Crippen LogP contribution in [0.1, 0.15) is 79.2 Å². The van der Waals surface area contributed by atoms with Gasteiger partial charge >= 0.3 is 0 Å². The second-order valence-corrected chi connectivity index (χ2v) is 10.1. The Hall–Kier alpha value is -2.58. The summed E-state index contributed by atoms with van der Waals surface area (Å²) in [6.45, 7) is 6.76. The highest BCUT2D eigenvalue weighted by Crippen LogP contribution is 2.50. The average molecular weight is 450 g/mol. The lowest BCUT2D eigenvalue weighted by Gasteiger charge is -2.26. The fraction of sp³-hybridized carbons (Fsp3) is 0.600. The number of tetrazole rings is 1. The van der Waals surface area contributed by atoms with Crippen LogP contribution >= 0.6 is 0 Å². The minimum atomic E-state index is -0.181. The fourth-order valence-corrected chi connectivity index (χ4v) is 6.31. The van der Waals surface area contributed by atoms with Crippen molar-refractivity contribution >= 4 is 0 Å². The second kappa shape index (κ2) is 8.99. The SMILES string of the molecule is COCn1nccc1C(NC1CCC2(CCCC2)C1)c1nnnn1-c1c(C)cc(C)cc1C. The zero-order chi connectivity index (χ0) is 23.0. The minimum Gasteiger partial charge on any atom is -0.362 e. The van der Waals surface area contributed by atoms with Crippen molar-refractivity contribution in [3.05, 3.63) is 52.6 Å². The van der Waals surface area contributed by atoms with E-state index in [1.807, 2.05) is 21.6 Å². The Morgan fingerprint density at radius 3 is 2.64 bits per heavy atom. The van der Waals surface area contributed by atoms with Gasteiger partial charge in [0.05, 0.1) is 11.4 Å². The Balaban J connectivity index is 1.54. The molecule has 8 nitrogen and oxygen atoms in total. The predicted octanol–water partition coefficient (Wildman–Crippen LogP) is 4.18. The van der Waals surface area contributed by atoms with Gasteiger partial charge in [0, 0.05) is 19.3 Å². The van der Waals surface area contributed by atoms with E-state index in [0.717, 1.165) is 28.3 Å². The second-order valence-electron chi connectivity index (χ2n) is 10.1. The van der Waals surface area contributed by atoms with Crippen molar-refractivity contribution in [2.24, 2.45) is 5.41 Å². The largest absolute Gasteiger partial charge is 0.362 e. The van der Waals surface area contributed by atoms with Gasteiger partial charge in [-0.3, -0.25) is 5.32 Å². The van der Waals surface area contributed by atoms with E-state index in [1.165, 1.54) is 50.5 Å². The molecule has 1 aromatic carbocycles. The fourth-order valence-electron chi connectivity index (χ4n) is 6.31. The van der Waals surface area contributed by atoms with E-state index >= 15 is 0 Å². The van der Waals surface area contributed by atoms with Crippen LogP contribution in [0.3, 0.4) is 0 Å². The van der Waals surface area contributed by atoms with Crippen molar-refractivity contribution in [1.29, 1.82) is 0 Å². The van der Waals surface area contributed by atoms with Gasteiger partial charge in [0.15, 0.2) is 5.82 Å². The quantitative estimate of drug-likeness (QED) is 0.583. The lowest BCUT2D eigenvalue weighted by Crippen LogP contribution is -2.35. The third-order valence-corrected chi connectivity index (χ3v) is 7.66. The summed E-state index contributed by atoms with van der Waals surface area (Å²) in [6.07, 6.45) is 11.1. The highest BCUT2D eigenvalue weighted by molar-refractivity contribution is 5.49. The molecule has 0 amide bonds. The Morgan fingerprint density at radius 1 is 1.15 bits per heavy atom. The third kappa shape index (κ3) is 4.22. The first kappa shape index (κ1) is 22.2. The van der Waals surface area contributed by atoms with E-state index in [4.69, 9.17) is 4.74 Å². The van der Waals surface area contributed by atoms with Crippen LogP contribution in [-0.4, -0.2) is 43.1 Å². The van der Waals surface area contributed by atoms with E-state index < -0.39 is 0 Å². The van der Waals surface area contributed by atoms with E-state index in [0.29, 0.717) is 18.2 Å². The molecule has 1 N–H and O–H groups in total. The zero-order valence-corrected chi connectivity index (χ0v) is 20.2. The van der Waals surface area contributed by atoms with E-state index in [9.17, 15) is 0 Å². The van der Waals surface area contributed by atoms with Crippen LogP contribution in [0, 0.1) is 26.2 Å². The molecule has 0 saturated heterocycles. The monoisotopic (exact) mass is 449 g/mol. The number of aryl methyl sites for hydroxylation is 3. The van der Waals surface area contributed by atoms with E-state index in [-0.39, 0.29) is 6.04 Å². The molecule has 2 aliphatic carbocycles. The maximum atomic E-state index is 5.42. The Morgan fingerprint density at radius 2 is 1.91 bits per heavy atom. The molecular formula is C25H35N7O. The number of nitrogens with zero attached hydrogens (tertiary/aromatic N) is 6. The molecule has 2 saturated carbocycles. The number of hydrogen-bond acceptors (Lipinski definition) is 6. The van der Waals surface area contributed by atoms with Crippen LogP contribution in [0.2, 0.25) is 0 Å². The maximum absolute atomic E-state index is 5.42. The number of ether oxygens (including phenoxy) is 1. The van der Waals surface area contributed by atoms with Crippen LogP contribution < -0.4 is 5.32 Å². The van der Waals surface area contributed by atoms with Gasteiger partial charge in [0.1, 0.15) is 12.8 Å². The molecule has 0 aliphatic heterocycles. The lowest BCUT2D eigenvalue weighted by atomic mass is 9.84. The first-order valence-electron chi connectivity index (χ1n) is 12.1. The lowest BCUT2D eigenvalue weighted by molar-refractivity contribution is 0.116. The standard InChI is InChI=1S/C25H35N7O/c1-17-13-18(2)23(19(3)14-17)32-24(28-29-30-32)22(21-8-12-26-31(21)16-33-4)27-20-7-11-25(15-20)9-5-6-10-25/h8,12-14,20,22,27H,5-7,9-11,15-16H2,1-4H3. The third-order valence-electron chi connectivity index (χ3n) is 7.66. The van der Waals surface area contributed by atoms with Crippen molar-refractivity contribution < 1.29 is 4.74 Å². The predicted molar refractivity (Wildman–Crippen MR) is 126 cm³/mol. The summed E-state index contributed by atoms with van der Waals surface area (Å²) in [5, 5.41) is 21.6. The van der Waals surface area contributed by atoms with Gasteiger partial charge in [0.2, 0.25) is 0 Å². The molecular weight excluding hydrogens is 414 g/mol. The van der Waals surface area contributed by atoms with Crippen molar-refractivity contribution in [1.82, 2.24) is 35.3 Å². The molecule has 33 heavy (non-hydrogen) atoms. The topological polar surface area (TPSA) is 82.7 Å². The van der Waals surface area contributed by atoms with Gasteiger partial charge in [-0.15, -0.1) is 5.10 Å². The summed E-state index contributed by atoms with van der Waals surface area (Å²) in [6, 6.07) is 6.67. The molecule has 2 unspecified atom stereocenters. The van der Waals surface area contributed by atoms with Gasteiger partial charge in [0.25, 0.3) is 0 Å². The van der Waals surface area contributed by atoms with Gasteiger partial charge in [-0.2, -0.15) is 9.78 Å². The molecule has 2 atom stereocenters. The Labute approximate surface area is 195 Å². The smallest absolute Gasteiger partial charge is 0.179 e. The van der Waals surface area contributed by atoms with Crippen LogP contribution in [0.5, 0.6) is 0 Å². The number of nitrogens with one attached hydrogen (secondary N) is 1. The molecule has 2 aliphatic rings. The molecule has 176 valence electrons. The van der Waals surface area contributed by atoms with Crippen molar-refractivity contribution in [2.75, 3.05) is 7.11 Å². The Kier molecular flexibility index (Phi) is 6.05. The van der Waals surface area contributed by atoms with Gasteiger partial charge in [-0.1, -0.05) is 30.5 Å². The van der Waals surface area contributed by atoms with Crippen molar-refractivity contribution in [3.63, 3.8) is 0 Å². The maximum Gasteiger partial charge on any atom is 0.179 e. The molecule has 8 heteroatoms. The van der Waals surface area contributed by atoms with Crippen molar-refractivity contribution in [2.45, 2.75) is 84.5 Å². The summed E-state index contributed by atoms with van der Waals surface area (Å²) in [5.41, 5.74) is 6.16. The summed E-state index contributed by atoms with van der Waals surface area (Å²) in [7, 11) is 1.69. The zero-order valence-electron chi connectivity index (χ0n) is 20.2. The van der Waals surface area contributed by atoms with Gasteiger partial charge in [-0.05, 0) is 85.9 Å². The number of methoxy groups -OCH3 is 1. The molecule has 0 radical (unpaired) electrons. The van der Waals surface area contributed by atoms with Gasteiger partial charge < -0.3 is 4.74 Å². The van der Waals surface area contributed by atoms with Crippen molar-refractivity contribution in [3.8, 4) is 5.69 Å². The number of aromatic nitrogens is 6. The summed E-state index contributed by atoms with van der Waals surface area (Å²) in [5.74, 6) is 0.787. The Bertz CT molecular complexity index is 1090. The highest BCUT2D eigenvalue weighted by atomic mass is 16.5. The first-order chi connectivity index (χ1) is 16.0. The summed E-state index contributed by atoms with van der Waals surface area (Å²) >= 11 is 0. The average Bonchev–Trinajstić information content (AvgIpc) is 3.56. The van der Waals surface area contributed by atoms with Crippen LogP contribution in [0.15, 0.2) is 24.4 Å². The number of benzene rings is 1. The molecule has 2 fully saturated rings.